The lowest BCUT2D eigenvalue weighted by atomic mass is 10.1. The number of nitrogens with zero attached hydrogens (tertiary/aromatic N) is 4. The molecule has 3 rings (SSSR count). The molecule has 1 unspecified atom stereocenters. The molecule has 0 bridgehead atoms. The van der Waals surface area contributed by atoms with Gasteiger partial charge >= 0.3 is 0 Å². The fourth-order valence-electron chi connectivity index (χ4n) is 3.06. The standard InChI is InChI=1S/C18H21N5O3/c24-18(20-15-6-2-1-3-7-15)16(14-23(25)26)21-10-12-22(13-11-21)17-8-4-5-9-19-17/h1-9,16H,10-14H2,(H,20,24). The van der Waals surface area contributed by atoms with Crippen molar-refractivity contribution in [3.8, 4) is 0 Å². The first-order valence-corrected chi connectivity index (χ1v) is 8.51. The Bertz CT molecular complexity index is 733. The summed E-state index contributed by atoms with van der Waals surface area (Å²) in [5.41, 5.74) is 0.637. The van der Waals surface area contributed by atoms with Gasteiger partial charge in [-0.25, -0.2) is 4.98 Å². The summed E-state index contributed by atoms with van der Waals surface area (Å²) in [6.45, 7) is 2.06. The number of carbonyl (C=O) groups is 1. The number of hydrogen-bond donors (Lipinski definition) is 1. The van der Waals surface area contributed by atoms with Crippen molar-refractivity contribution in [1.82, 2.24) is 9.88 Å². The topological polar surface area (TPSA) is 91.6 Å². The van der Waals surface area contributed by atoms with E-state index in [4.69, 9.17) is 0 Å². The zero-order valence-corrected chi connectivity index (χ0v) is 14.3. The minimum atomic E-state index is -0.795. The fourth-order valence-corrected chi connectivity index (χ4v) is 3.06. The number of hydrogen-bond acceptors (Lipinski definition) is 6. The number of amides is 1. The lowest BCUT2D eigenvalue weighted by Crippen LogP contribution is -2.56. The van der Waals surface area contributed by atoms with Crippen molar-refractivity contribution in [2.75, 3.05) is 42.9 Å². The van der Waals surface area contributed by atoms with Crippen LogP contribution >= 0.6 is 0 Å². The van der Waals surface area contributed by atoms with E-state index >= 15 is 0 Å². The maximum Gasteiger partial charge on any atom is 0.248 e. The SMILES string of the molecule is O=C(Nc1ccccc1)C(C[N+](=O)[O-])N1CCN(c2ccccn2)CC1. The summed E-state index contributed by atoms with van der Waals surface area (Å²) in [5.74, 6) is 0.533. The van der Waals surface area contributed by atoms with Crippen LogP contribution in [0.15, 0.2) is 54.7 Å². The first-order valence-electron chi connectivity index (χ1n) is 8.51. The molecule has 8 nitrogen and oxygen atoms in total. The Labute approximate surface area is 151 Å². The summed E-state index contributed by atoms with van der Waals surface area (Å²) in [4.78, 5) is 31.6. The summed E-state index contributed by atoms with van der Waals surface area (Å²) in [5, 5.41) is 13.9. The van der Waals surface area contributed by atoms with Gasteiger partial charge < -0.3 is 10.2 Å². The van der Waals surface area contributed by atoms with Crippen LogP contribution in [0.5, 0.6) is 0 Å². The molecule has 8 heteroatoms. The van der Waals surface area contributed by atoms with Crippen molar-refractivity contribution in [2.24, 2.45) is 0 Å². The molecule has 1 aliphatic rings. The quantitative estimate of drug-likeness (QED) is 0.623. The first kappa shape index (κ1) is 17.8. The van der Waals surface area contributed by atoms with Crippen molar-refractivity contribution < 1.29 is 9.72 Å². The molecular weight excluding hydrogens is 334 g/mol. The normalized spacial score (nSPS) is 16.1. The van der Waals surface area contributed by atoms with Gasteiger partial charge in [0, 0.05) is 43.0 Å². The Morgan fingerprint density at radius 3 is 2.42 bits per heavy atom. The molecule has 0 radical (unpaired) electrons. The van der Waals surface area contributed by atoms with Crippen LogP contribution in [0, 0.1) is 10.1 Å². The molecular formula is C18H21N5O3. The van der Waals surface area contributed by atoms with E-state index in [2.05, 4.69) is 15.2 Å². The van der Waals surface area contributed by atoms with Crippen LogP contribution in [0.25, 0.3) is 0 Å². The molecule has 1 aromatic heterocycles. The van der Waals surface area contributed by atoms with Crippen LogP contribution in [0.3, 0.4) is 0 Å². The highest BCUT2D eigenvalue weighted by Crippen LogP contribution is 2.15. The van der Waals surface area contributed by atoms with Crippen LogP contribution in [-0.2, 0) is 4.79 Å². The van der Waals surface area contributed by atoms with Crippen LogP contribution in [-0.4, -0.2) is 59.5 Å². The van der Waals surface area contributed by atoms with Gasteiger partial charge in [0.2, 0.25) is 12.5 Å². The predicted octanol–water partition coefficient (Wildman–Crippen LogP) is 1.49. The van der Waals surface area contributed by atoms with Crippen molar-refractivity contribution >= 4 is 17.4 Å². The lowest BCUT2D eigenvalue weighted by molar-refractivity contribution is -0.484. The number of nitrogens with one attached hydrogen (secondary N) is 1. The zero-order chi connectivity index (χ0) is 18.4. The van der Waals surface area contributed by atoms with E-state index in [0.29, 0.717) is 31.9 Å². The number of anilines is 2. The summed E-state index contributed by atoms with van der Waals surface area (Å²) in [6, 6.07) is 13.9. The van der Waals surface area contributed by atoms with Gasteiger partial charge in [-0.1, -0.05) is 24.3 Å². The average molecular weight is 355 g/mol. The molecule has 1 saturated heterocycles. The third-order valence-corrected chi connectivity index (χ3v) is 4.39. The van der Waals surface area contributed by atoms with Crippen LogP contribution in [0.4, 0.5) is 11.5 Å². The fraction of sp³-hybridized carbons (Fsp3) is 0.333. The Kier molecular flexibility index (Phi) is 5.75. The molecule has 1 aliphatic heterocycles. The Morgan fingerprint density at radius 2 is 1.81 bits per heavy atom. The van der Waals surface area contributed by atoms with E-state index in [1.54, 1.807) is 18.3 Å². The van der Waals surface area contributed by atoms with E-state index < -0.39 is 17.5 Å². The third kappa shape index (κ3) is 4.54. The monoisotopic (exact) mass is 355 g/mol. The van der Waals surface area contributed by atoms with E-state index in [9.17, 15) is 14.9 Å². The van der Waals surface area contributed by atoms with Crippen molar-refractivity contribution in [1.29, 1.82) is 0 Å². The number of aromatic nitrogens is 1. The van der Waals surface area contributed by atoms with Gasteiger partial charge in [0.15, 0.2) is 6.04 Å². The van der Waals surface area contributed by atoms with Crippen molar-refractivity contribution in [3.63, 3.8) is 0 Å². The molecule has 1 atom stereocenters. The second-order valence-electron chi connectivity index (χ2n) is 6.10. The smallest absolute Gasteiger partial charge is 0.248 e. The van der Waals surface area contributed by atoms with E-state index in [-0.39, 0.29) is 5.91 Å². The van der Waals surface area contributed by atoms with Gasteiger partial charge in [-0.3, -0.25) is 19.8 Å². The third-order valence-electron chi connectivity index (χ3n) is 4.39. The van der Waals surface area contributed by atoms with Gasteiger partial charge in [0.05, 0.1) is 0 Å². The molecule has 2 heterocycles. The predicted molar refractivity (Wildman–Crippen MR) is 98.7 cm³/mol. The molecule has 0 spiro atoms. The highest BCUT2D eigenvalue weighted by molar-refractivity contribution is 5.94. The largest absolute Gasteiger partial charge is 0.354 e. The summed E-state index contributed by atoms with van der Waals surface area (Å²) >= 11 is 0. The first-order chi connectivity index (χ1) is 12.6. The van der Waals surface area contributed by atoms with Crippen LogP contribution < -0.4 is 10.2 Å². The number of para-hydroxylation sites is 1. The molecule has 2 aromatic rings. The molecule has 1 N–H and O–H groups in total. The van der Waals surface area contributed by atoms with Crippen LogP contribution in [0.2, 0.25) is 0 Å². The van der Waals surface area contributed by atoms with Crippen LogP contribution in [0.1, 0.15) is 0 Å². The highest BCUT2D eigenvalue weighted by Gasteiger charge is 2.33. The van der Waals surface area contributed by atoms with Gasteiger partial charge in [0.25, 0.3) is 0 Å². The Balaban J connectivity index is 1.65. The summed E-state index contributed by atoms with van der Waals surface area (Å²) in [7, 11) is 0. The van der Waals surface area contributed by atoms with E-state index in [0.717, 1.165) is 5.82 Å². The minimum Gasteiger partial charge on any atom is -0.354 e. The zero-order valence-electron chi connectivity index (χ0n) is 14.3. The second kappa shape index (κ2) is 8.39. The molecule has 0 aliphatic carbocycles. The minimum absolute atomic E-state index is 0.348. The number of piperazine rings is 1. The van der Waals surface area contributed by atoms with Gasteiger partial charge in [-0.05, 0) is 24.3 Å². The van der Waals surface area contributed by atoms with Crippen molar-refractivity contribution in [2.45, 2.75) is 6.04 Å². The number of nitro groups is 1. The van der Waals surface area contributed by atoms with E-state index in [1.807, 2.05) is 41.3 Å². The molecule has 0 saturated carbocycles. The summed E-state index contributed by atoms with van der Waals surface area (Å²) < 4.78 is 0. The number of benzene rings is 1. The van der Waals surface area contributed by atoms with Crippen molar-refractivity contribution in [3.05, 3.63) is 64.8 Å². The molecule has 1 aromatic carbocycles. The highest BCUT2D eigenvalue weighted by atomic mass is 16.6. The Hall–Kier alpha value is -3.00. The molecule has 26 heavy (non-hydrogen) atoms. The van der Waals surface area contributed by atoms with E-state index in [1.165, 1.54) is 0 Å². The summed E-state index contributed by atoms with van der Waals surface area (Å²) in [6.07, 6.45) is 1.74. The molecule has 1 fully saturated rings. The second-order valence-corrected chi connectivity index (χ2v) is 6.10. The van der Waals surface area contributed by atoms with Gasteiger partial charge in [-0.2, -0.15) is 0 Å². The maximum absolute atomic E-state index is 12.6. The number of pyridine rings is 1. The molecule has 1 amide bonds. The molecule has 136 valence electrons. The average Bonchev–Trinajstić information content (AvgIpc) is 2.67. The number of carbonyl (C=O) groups excluding carboxylic acids is 1. The Morgan fingerprint density at radius 1 is 1.12 bits per heavy atom. The van der Waals surface area contributed by atoms with Gasteiger partial charge in [-0.15, -0.1) is 0 Å². The maximum atomic E-state index is 12.6. The van der Waals surface area contributed by atoms with Gasteiger partial charge in [0.1, 0.15) is 5.82 Å². The lowest BCUT2D eigenvalue weighted by Gasteiger charge is -2.37. The number of rotatable bonds is 6.